The van der Waals surface area contributed by atoms with Gasteiger partial charge in [0.25, 0.3) is 0 Å². The molecule has 1 atom stereocenters. The standard InChI is InChI=1S/C20H29NO6/c1-6-18(22)25-15-10-9-14(11-16(15)26-19(23)7-2)17(12-21-13(4)5)27-20(24)8-3/h9-11,13,17,21H,6-8,12H2,1-5H3. The number of hydrogen-bond acceptors (Lipinski definition) is 7. The van der Waals surface area contributed by atoms with E-state index < -0.39 is 18.0 Å². The van der Waals surface area contributed by atoms with Crippen molar-refractivity contribution >= 4 is 17.9 Å². The van der Waals surface area contributed by atoms with Gasteiger partial charge in [-0.15, -0.1) is 0 Å². The van der Waals surface area contributed by atoms with Crippen LogP contribution in [0, 0.1) is 0 Å². The number of esters is 3. The molecule has 0 aliphatic rings. The Morgan fingerprint density at radius 2 is 1.44 bits per heavy atom. The molecule has 0 bridgehead atoms. The highest BCUT2D eigenvalue weighted by atomic mass is 16.6. The molecule has 7 nitrogen and oxygen atoms in total. The number of carbonyl (C=O) groups excluding carboxylic acids is 3. The highest BCUT2D eigenvalue weighted by molar-refractivity contribution is 5.76. The minimum Gasteiger partial charge on any atom is -0.456 e. The van der Waals surface area contributed by atoms with E-state index in [0.717, 1.165) is 0 Å². The molecule has 0 aromatic heterocycles. The molecule has 1 aromatic rings. The van der Waals surface area contributed by atoms with Gasteiger partial charge < -0.3 is 19.5 Å². The van der Waals surface area contributed by atoms with Crippen molar-refractivity contribution in [2.24, 2.45) is 0 Å². The Morgan fingerprint density at radius 3 is 1.96 bits per heavy atom. The lowest BCUT2D eigenvalue weighted by atomic mass is 10.1. The van der Waals surface area contributed by atoms with Crippen molar-refractivity contribution in [2.75, 3.05) is 6.54 Å². The van der Waals surface area contributed by atoms with E-state index in [1.54, 1.807) is 39.0 Å². The lowest BCUT2D eigenvalue weighted by Crippen LogP contribution is -2.30. The summed E-state index contributed by atoms with van der Waals surface area (Å²) >= 11 is 0. The van der Waals surface area contributed by atoms with Gasteiger partial charge in [-0.2, -0.15) is 0 Å². The second-order valence-electron chi connectivity index (χ2n) is 6.26. The van der Waals surface area contributed by atoms with E-state index in [0.29, 0.717) is 12.1 Å². The molecular weight excluding hydrogens is 350 g/mol. The van der Waals surface area contributed by atoms with Crippen molar-refractivity contribution in [1.82, 2.24) is 5.32 Å². The molecule has 0 fully saturated rings. The third-order valence-electron chi connectivity index (χ3n) is 3.64. The van der Waals surface area contributed by atoms with Crippen molar-refractivity contribution < 1.29 is 28.6 Å². The lowest BCUT2D eigenvalue weighted by Gasteiger charge is -2.21. The average Bonchev–Trinajstić information content (AvgIpc) is 2.65. The number of benzene rings is 1. The van der Waals surface area contributed by atoms with Gasteiger partial charge >= 0.3 is 17.9 Å². The monoisotopic (exact) mass is 379 g/mol. The Balaban J connectivity index is 3.20. The Labute approximate surface area is 160 Å². The van der Waals surface area contributed by atoms with Crippen LogP contribution in [-0.4, -0.2) is 30.5 Å². The SMILES string of the molecule is CCC(=O)Oc1ccc(C(CNC(C)C)OC(=O)CC)cc1OC(=O)CC. The Kier molecular flexibility index (Phi) is 9.50. The Hall–Kier alpha value is -2.41. The fourth-order valence-corrected chi connectivity index (χ4v) is 2.09. The molecule has 0 aliphatic heterocycles. The summed E-state index contributed by atoms with van der Waals surface area (Å²) in [5.74, 6) is -0.942. The molecule has 1 aromatic carbocycles. The van der Waals surface area contributed by atoms with Crippen LogP contribution in [-0.2, 0) is 19.1 Å². The maximum atomic E-state index is 11.8. The van der Waals surface area contributed by atoms with Gasteiger partial charge in [0.1, 0.15) is 6.10 Å². The first kappa shape index (κ1) is 22.6. The van der Waals surface area contributed by atoms with E-state index in [-0.39, 0.29) is 42.8 Å². The van der Waals surface area contributed by atoms with Crippen molar-refractivity contribution in [1.29, 1.82) is 0 Å². The van der Waals surface area contributed by atoms with Crippen LogP contribution in [0.25, 0.3) is 0 Å². The molecule has 0 spiro atoms. The summed E-state index contributed by atoms with van der Waals surface area (Å²) in [5.41, 5.74) is 0.639. The van der Waals surface area contributed by atoms with E-state index in [9.17, 15) is 14.4 Å². The average molecular weight is 379 g/mol. The summed E-state index contributed by atoms with van der Waals surface area (Å²) in [6.07, 6.45) is 0.0593. The predicted octanol–water partition coefficient (Wildman–Crippen LogP) is 3.31. The minimum atomic E-state index is -0.560. The first-order chi connectivity index (χ1) is 12.8. The molecule has 0 saturated heterocycles. The van der Waals surface area contributed by atoms with Gasteiger partial charge in [0.05, 0.1) is 0 Å². The molecule has 0 heterocycles. The number of nitrogens with one attached hydrogen (secondary N) is 1. The number of ether oxygens (including phenoxy) is 3. The van der Waals surface area contributed by atoms with Crippen molar-refractivity contribution in [3.8, 4) is 11.5 Å². The van der Waals surface area contributed by atoms with Crippen LogP contribution < -0.4 is 14.8 Å². The highest BCUT2D eigenvalue weighted by Gasteiger charge is 2.20. The van der Waals surface area contributed by atoms with Crippen LogP contribution in [0.4, 0.5) is 0 Å². The Morgan fingerprint density at radius 1 is 0.889 bits per heavy atom. The van der Waals surface area contributed by atoms with E-state index in [2.05, 4.69) is 5.32 Å². The second-order valence-corrected chi connectivity index (χ2v) is 6.26. The highest BCUT2D eigenvalue weighted by Crippen LogP contribution is 2.32. The zero-order valence-electron chi connectivity index (χ0n) is 16.7. The van der Waals surface area contributed by atoms with Gasteiger partial charge in [-0.3, -0.25) is 14.4 Å². The van der Waals surface area contributed by atoms with Gasteiger partial charge in [-0.1, -0.05) is 40.7 Å². The smallest absolute Gasteiger partial charge is 0.311 e. The second kappa shape index (κ2) is 11.3. The van der Waals surface area contributed by atoms with Gasteiger partial charge in [0.2, 0.25) is 0 Å². The topological polar surface area (TPSA) is 90.9 Å². The largest absolute Gasteiger partial charge is 0.456 e. The summed E-state index contributed by atoms with van der Waals surface area (Å²) < 4.78 is 16.1. The third-order valence-corrected chi connectivity index (χ3v) is 3.64. The molecule has 1 rings (SSSR count). The molecular formula is C20H29NO6. The number of hydrogen-bond donors (Lipinski definition) is 1. The van der Waals surface area contributed by atoms with Crippen LogP contribution in [0.15, 0.2) is 18.2 Å². The van der Waals surface area contributed by atoms with Gasteiger partial charge in [0.15, 0.2) is 11.5 Å². The van der Waals surface area contributed by atoms with Crippen molar-refractivity contribution in [2.45, 2.75) is 66.0 Å². The van der Waals surface area contributed by atoms with E-state index in [4.69, 9.17) is 14.2 Å². The molecule has 0 aliphatic carbocycles. The number of rotatable bonds is 10. The van der Waals surface area contributed by atoms with E-state index in [1.807, 2.05) is 13.8 Å². The Bertz CT molecular complexity index is 656. The summed E-state index contributed by atoms with van der Waals surface area (Å²) in [4.78, 5) is 35.2. The zero-order chi connectivity index (χ0) is 20.4. The van der Waals surface area contributed by atoms with Crippen molar-refractivity contribution in [3.63, 3.8) is 0 Å². The quantitative estimate of drug-likeness (QED) is 0.492. The van der Waals surface area contributed by atoms with Crippen LogP contribution >= 0.6 is 0 Å². The van der Waals surface area contributed by atoms with Crippen molar-refractivity contribution in [3.05, 3.63) is 23.8 Å². The lowest BCUT2D eigenvalue weighted by molar-refractivity contribution is -0.149. The molecule has 0 radical (unpaired) electrons. The van der Waals surface area contributed by atoms with Crippen LogP contribution in [0.5, 0.6) is 11.5 Å². The maximum Gasteiger partial charge on any atom is 0.311 e. The number of carbonyl (C=O) groups is 3. The first-order valence-corrected chi connectivity index (χ1v) is 9.28. The molecule has 7 heteroatoms. The maximum absolute atomic E-state index is 11.8. The summed E-state index contributed by atoms with van der Waals surface area (Å²) in [6, 6.07) is 5.01. The molecule has 27 heavy (non-hydrogen) atoms. The minimum absolute atomic E-state index is 0.128. The fraction of sp³-hybridized carbons (Fsp3) is 0.550. The fourth-order valence-electron chi connectivity index (χ4n) is 2.09. The molecule has 150 valence electrons. The molecule has 1 N–H and O–H groups in total. The van der Waals surface area contributed by atoms with E-state index >= 15 is 0 Å². The van der Waals surface area contributed by atoms with E-state index in [1.165, 1.54) is 0 Å². The third kappa shape index (κ3) is 7.78. The summed E-state index contributed by atoms with van der Waals surface area (Å²) in [6.45, 7) is 9.44. The predicted molar refractivity (Wildman–Crippen MR) is 101 cm³/mol. The molecule has 0 saturated carbocycles. The summed E-state index contributed by atoms with van der Waals surface area (Å²) in [5, 5.41) is 3.23. The zero-order valence-corrected chi connectivity index (χ0v) is 16.7. The van der Waals surface area contributed by atoms with Crippen LogP contribution in [0.3, 0.4) is 0 Å². The van der Waals surface area contributed by atoms with Gasteiger partial charge in [-0.25, -0.2) is 0 Å². The van der Waals surface area contributed by atoms with Crippen LogP contribution in [0.1, 0.15) is 65.5 Å². The van der Waals surface area contributed by atoms with Crippen LogP contribution in [0.2, 0.25) is 0 Å². The molecule has 1 unspecified atom stereocenters. The van der Waals surface area contributed by atoms with Gasteiger partial charge in [-0.05, 0) is 17.7 Å². The molecule has 0 amide bonds. The first-order valence-electron chi connectivity index (χ1n) is 9.28. The summed E-state index contributed by atoms with van der Waals surface area (Å²) in [7, 11) is 0. The van der Waals surface area contributed by atoms with Gasteiger partial charge in [0, 0.05) is 31.8 Å². The normalized spacial score (nSPS) is 11.8.